The fraction of sp³-hybridized carbons (Fsp3) is 0.154. The minimum Gasteiger partial charge on any atom is -0.451 e. The Bertz CT molecular complexity index is 1320. The van der Waals surface area contributed by atoms with Crippen LogP contribution in [0.2, 0.25) is 5.02 Å². The van der Waals surface area contributed by atoms with Gasteiger partial charge in [0.15, 0.2) is 6.61 Å². The number of benzene rings is 3. The molecule has 174 valence electrons. The summed E-state index contributed by atoms with van der Waals surface area (Å²) in [5, 5.41) is 3.47. The lowest BCUT2D eigenvalue weighted by atomic mass is 10.2. The van der Waals surface area contributed by atoms with Crippen LogP contribution in [0, 0.1) is 5.82 Å². The lowest BCUT2D eigenvalue weighted by Crippen LogP contribution is -2.25. The number of ether oxygens (including phenoxy) is 1. The summed E-state index contributed by atoms with van der Waals surface area (Å²) in [5.74, 6) is -1.63. The molecule has 0 atom stereocenters. The molecule has 0 radical (unpaired) electrons. The van der Waals surface area contributed by atoms with E-state index in [9.17, 15) is 14.0 Å². The third-order valence-corrected chi connectivity index (χ3v) is 6.73. The van der Waals surface area contributed by atoms with E-state index in [0.29, 0.717) is 15.8 Å². The number of para-hydroxylation sites is 1. The molecular weight excluding hydrogens is 475 g/mol. The van der Waals surface area contributed by atoms with Crippen molar-refractivity contribution in [1.29, 1.82) is 0 Å². The zero-order valence-corrected chi connectivity index (χ0v) is 20.1. The number of rotatable bonds is 7. The van der Waals surface area contributed by atoms with Gasteiger partial charge in [0.2, 0.25) is 0 Å². The van der Waals surface area contributed by atoms with Gasteiger partial charge in [0.1, 0.15) is 10.7 Å². The number of nitrogens with one attached hydrogen (secondary N) is 1. The van der Waals surface area contributed by atoms with Gasteiger partial charge in [-0.3, -0.25) is 4.79 Å². The second-order valence-corrected chi connectivity index (χ2v) is 9.29. The summed E-state index contributed by atoms with van der Waals surface area (Å²) in [6.07, 6.45) is 0. The number of nitrogens with zero attached hydrogens (tertiary/aromatic N) is 1. The third-order valence-electron chi connectivity index (χ3n) is 5.09. The van der Waals surface area contributed by atoms with E-state index in [0.717, 1.165) is 22.7 Å². The summed E-state index contributed by atoms with van der Waals surface area (Å²) in [6, 6.07) is 21.8. The highest BCUT2D eigenvalue weighted by atomic mass is 35.5. The summed E-state index contributed by atoms with van der Waals surface area (Å²) in [5.41, 5.74) is 2.64. The first-order valence-electron chi connectivity index (χ1n) is 10.6. The molecule has 4 rings (SSSR count). The Kier molecular flexibility index (Phi) is 7.14. The number of anilines is 3. The van der Waals surface area contributed by atoms with E-state index in [4.69, 9.17) is 16.3 Å². The monoisotopic (exact) mass is 496 g/mol. The normalized spacial score (nSPS) is 11.0. The maximum Gasteiger partial charge on any atom is 0.350 e. The highest BCUT2D eigenvalue weighted by Crippen LogP contribution is 2.36. The van der Waals surface area contributed by atoms with Gasteiger partial charge in [-0.25, -0.2) is 9.18 Å². The average molecular weight is 497 g/mol. The van der Waals surface area contributed by atoms with E-state index < -0.39 is 24.3 Å². The maximum absolute atomic E-state index is 13.4. The minimum atomic E-state index is -0.729. The summed E-state index contributed by atoms with van der Waals surface area (Å²) in [7, 11) is 0. The van der Waals surface area contributed by atoms with Crippen molar-refractivity contribution in [3.8, 4) is 0 Å². The van der Waals surface area contributed by atoms with E-state index >= 15 is 0 Å². The molecule has 4 aromatic rings. The molecule has 3 aromatic carbocycles. The molecule has 0 aliphatic carbocycles. The zero-order chi connectivity index (χ0) is 24.2. The van der Waals surface area contributed by atoms with Gasteiger partial charge in [0, 0.05) is 33.2 Å². The molecule has 0 aliphatic rings. The van der Waals surface area contributed by atoms with E-state index in [1.165, 1.54) is 18.2 Å². The number of hydrogen-bond donors (Lipinski definition) is 1. The van der Waals surface area contributed by atoms with Gasteiger partial charge in [-0.15, -0.1) is 11.3 Å². The van der Waals surface area contributed by atoms with Crippen LogP contribution in [-0.2, 0) is 9.53 Å². The number of thiophene rings is 1. The van der Waals surface area contributed by atoms with Crippen LogP contribution in [0.1, 0.15) is 23.5 Å². The number of hydrogen-bond acceptors (Lipinski definition) is 5. The first kappa shape index (κ1) is 23.7. The number of esters is 1. The van der Waals surface area contributed by atoms with E-state index in [2.05, 4.69) is 24.1 Å². The smallest absolute Gasteiger partial charge is 0.350 e. The highest BCUT2D eigenvalue weighted by Gasteiger charge is 2.20. The lowest BCUT2D eigenvalue weighted by molar-refractivity contribution is -0.119. The number of amides is 1. The van der Waals surface area contributed by atoms with Crippen molar-refractivity contribution < 1.29 is 18.7 Å². The lowest BCUT2D eigenvalue weighted by Gasteiger charge is -2.29. The van der Waals surface area contributed by atoms with Gasteiger partial charge >= 0.3 is 5.97 Å². The van der Waals surface area contributed by atoms with Crippen LogP contribution >= 0.6 is 22.9 Å². The molecule has 0 aliphatic heterocycles. The van der Waals surface area contributed by atoms with E-state index in [-0.39, 0.29) is 15.9 Å². The molecule has 0 saturated heterocycles. The number of halogens is 2. The Morgan fingerprint density at radius 2 is 1.71 bits per heavy atom. The molecular formula is C26H22ClFN2O3S. The highest BCUT2D eigenvalue weighted by molar-refractivity contribution is 7.21. The molecule has 1 heterocycles. The zero-order valence-electron chi connectivity index (χ0n) is 18.5. The summed E-state index contributed by atoms with van der Waals surface area (Å²) < 4.78 is 19.1. The van der Waals surface area contributed by atoms with Crippen LogP contribution in [-0.4, -0.2) is 24.5 Å². The standard InChI is InChI=1S/C26H22ClFN2O3S/c1-16(2)30(19-6-4-3-5-7-19)20-11-9-18(10-12-20)29-23(31)15-33-26(32)25-24(27)21-13-8-17(28)14-22(21)34-25/h3-14,16H,15H2,1-2H3,(H,29,31). The van der Waals surface area contributed by atoms with Crippen LogP contribution in [0.4, 0.5) is 21.5 Å². The van der Waals surface area contributed by atoms with E-state index in [1.54, 1.807) is 12.1 Å². The van der Waals surface area contributed by atoms with Crippen molar-refractivity contribution in [3.63, 3.8) is 0 Å². The minimum absolute atomic E-state index is 0.133. The van der Waals surface area contributed by atoms with Gasteiger partial charge < -0.3 is 15.0 Å². The summed E-state index contributed by atoms with van der Waals surface area (Å²) in [6.45, 7) is 3.74. The Hall–Kier alpha value is -3.42. The average Bonchev–Trinajstić information content (AvgIpc) is 3.15. The molecule has 0 bridgehead atoms. The van der Waals surface area contributed by atoms with Crippen molar-refractivity contribution in [2.75, 3.05) is 16.8 Å². The van der Waals surface area contributed by atoms with Crippen LogP contribution in [0.25, 0.3) is 10.1 Å². The molecule has 0 spiro atoms. The number of fused-ring (bicyclic) bond motifs is 1. The first-order valence-corrected chi connectivity index (χ1v) is 11.8. The molecule has 1 N–H and O–H groups in total. The van der Waals surface area contributed by atoms with Crippen LogP contribution in [0.3, 0.4) is 0 Å². The predicted octanol–water partition coefficient (Wildman–Crippen LogP) is 7.04. The molecule has 34 heavy (non-hydrogen) atoms. The molecule has 0 saturated carbocycles. The Labute approximate surface area is 205 Å². The van der Waals surface area contributed by atoms with Gasteiger partial charge in [-0.1, -0.05) is 29.8 Å². The van der Waals surface area contributed by atoms with Gasteiger partial charge in [0.05, 0.1) is 5.02 Å². The maximum atomic E-state index is 13.4. The molecule has 0 unspecified atom stereocenters. The third kappa shape index (κ3) is 5.21. The van der Waals surface area contributed by atoms with E-state index in [1.807, 2.05) is 42.5 Å². The second-order valence-electron chi connectivity index (χ2n) is 7.86. The van der Waals surface area contributed by atoms with Crippen molar-refractivity contribution in [2.45, 2.75) is 19.9 Å². The molecule has 1 aromatic heterocycles. The Balaban J connectivity index is 1.38. The van der Waals surface area contributed by atoms with Crippen molar-refractivity contribution in [3.05, 3.63) is 88.5 Å². The number of carbonyl (C=O) groups excluding carboxylic acids is 2. The largest absolute Gasteiger partial charge is 0.451 e. The van der Waals surface area contributed by atoms with Crippen molar-refractivity contribution in [1.82, 2.24) is 0 Å². The molecule has 8 heteroatoms. The SMILES string of the molecule is CC(C)N(c1ccccc1)c1ccc(NC(=O)COC(=O)c2sc3cc(F)ccc3c2Cl)cc1. The van der Waals surface area contributed by atoms with Crippen molar-refractivity contribution in [2.24, 2.45) is 0 Å². The predicted molar refractivity (Wildman–Crippen MR) is 136 cm³/mol. The summed E-state index contributed by atoms with van der Waals surface area (Å²) >= 11 is 7.26. The first-order chi connectivity index (χ1) is 16.3. The molecule has 1 amide bonds. The van der Waals surface area contributed by atoms with Crippen LogP contribution < -0.4 is 10.2 Å². The number of carbonyl (C=O) groups is 2. The van der Waals surface area contributed by atoms with Gasteiger partial charge in [-0.05, 0) is 68.4 Å². The second kappa shape index (κ2) is 10.2. The van der Waals surface area contributed by atoms with Gasteiger partial charge in [-0.2, -0.15) is 0 Å². The Morgan fingerprint density at radius 1 is 1.03 bits per heavy atom. The van der Waals surface area contributed by atoms with Gasteiger partial charge in [0.25, 0.3) is 5.91 Å². The quantitative estimate of drug-likeness (QED) is 0.279. The fourth-order valence-corrected chi connectivity index (χ4v) is 5.03. The van der Waals surface area contributed by atoms with Crippen molar-refractivity contribution >= 4 is 62.0 Å². The molecule has 5 nitrogen and oxygen atoms in total. The topological polar surface area (TPSA) is 58.6 Å². The van der Waals surface area contributed by atoms with Crippen LogP contribution in [0.5, 0.6) is 0 Å². The Morgan fingerprint density at radius 3 is 2.38 bits per heavy atom. The molecule has 0 fully saturated rings. The fourth-order valence-electron chi connectivity index (χ4n) is 3.60. The van der Waals surface area contributed by atoms with Crippen LogP contribution in [0.15, 0.2) is 72.8 Å². The summed E-state index contributed by atoms with van der Waals surface area (Å²) in [4.78, 5) is 27.1.